The highest BCUT2D eigenvalue weighted by molar-refractivity contribution is 5.95. The van der Waals surface area contributed by atoms with Gasteiger partial charge in [0.05, 0.1) is 11.2 Å². The lowest BCUT2D eigenvalue weighted by Gasteiger charge is -2.21. The van der Waals surface area contributed by atoms with E-state index in [9.17, 15) is 0 Å². The van der Waals surface area contributed by atoms with Crippen LogP contribution in [0.2, 0.25) is 0 Å². The first kappa shape index (κ1) is 14.6. The number of para-hydroxylation sites is 1. The van der Waals surface area contributed by atoms with Crippen LogP contribution >= 0.6 is 0 Å². The molecule has 2 rings (SSSR count). The Balaban J connectivity index is 2.41. The smallest absolute Gasteiger partial charge is 0.129 e. The Bertz CT molecular complexity index is 576. The van der Waals surface area contributed by atoms with Crippen molar-refractivity contribution in [3.63, 3.8) is 0 Å². The molecule has 2 N–H and O–H groups in total. The Hall–Kier alpha value is -1.77. The van der Waals surface area contributed by atoms with Crippen molar-refractivity contribution in [1.82, 2.24) is 4.98 Å². The summed E-state index contributed by atoms with van der Waals surface area (Å²) in [6, 6.07) is 8.23. The molecule has 20 heavy (non-hydrogen) atoms. The van der Waals surface area contributed by atoms with Crippen molar-refractivity contribution in [3.8, 4) is 0 Å². The van der Waals surface area contributed by atoms with Gasteiger partial charge in [0.2, 0.25) is 0 Å². The van der Waals surface area contributed by atoms with E-state index in [0.717, 1.165) is 11.9 Å². The van der Waals surface area contributed by atoms with Gasteiger partial charge in [0, 0.05) is 25.0 Å². The molecule has 0 saturated carbocycles. The molecule has 0 spiro atoms. The number of aromatic nitrogens is 1. The number of nitrogen functional groups attached to an aromatic ring is 1. The molecule has 3 nitrogen and oxygen atoms in total. The van der Waals surface area contributed by atoms with Gasteiger partial charge < -0.3 is 10.6 Å². The molecule has 0 fully saturated rings. The quantitative estimate of drug-likeness (QED) is 0.807. The molecule has 108 valence electrons. The summed E-state index contributed by atoms with van der Waals surface area (Å²) in [5.41, 5.74) is 9.61. The molecule has 3 heteroatoms. The summed E-state index contributed by atoms with van der Waals surface area (Å²) < 4.78 is 0. The number of benzene rings is 1. The van der Waals surface area contributed by atoms with E-state index in [1.807, 2.05) is 12.1 Å². The second-order valence-electron chi connectivity index (χ2n) is 5.55. The lowest BCUT2D eigenvalue weighted by molar-refractivity contribution is 0.667. The maximum atomic E-state index is 6.20. The number of hydrogen-bond acceptors (Lipinski definition) is 3. The van der Waals surface area contributed by atoms with Gasteiger partial charge in [-0.1, -0.05) is 44.4 Å². The molecule has 1 aromatic heterocycles. The van der Waals surface area contributed by atoms with Gasteiger partial charge in [0.15, 0.2) is 0 Å². The zero-order valence-corrected chi connectivity index (χ0v) is 12.8. The summed E-state index contributed by atoms with van der Waals surface area (Å²) in [7, 11) is 4.16. The van der Waals surface area contributed by atoms with Gasteiger partial charge in [-0.05, 0) is 18.9 Å². The maximum Gasteiger partial charge on any atom is 0.129 e. The highest BCUT2D eigenvalue weighted by Crippen LogP contribution is 2.33. The Morgan fingerprint density at radius 1 is 1.10 bits per heavy atom. The highest BCUT2D eigenvalue weighted by Gasteiger charge is 2.14. The molecule has 0 aliphatic carbocycles. The molecule has 0 saturated heterocycles. The van der Waals surface area contributed by atoms with Crippen LogP contribution in [0.3, 0.4) is 0 Å². The predicted octanol–water partition coefficient (Wildman–Crippen LogP) is 4.01. The normalized spacial score (nSPS) is 10.9. The van der Waals surface area contributed by atoms with E-state index in [-0.39, 0.29) is 0 Å². The van der Waals surface area contributed by atoms with E-state index >= 15 is 0 Å². The van der Waals surface area contributed by atoms with Crippen LogP contribution in [-0.2, 0) is 6.42 Å². The predicted molar refractivity (Wildman–Crippen MR) is 88.3 cm³/mol. The lowest BCUT2D eigenvalue weighted by Crippen LogP contribution is -2.14. The van der Waals surface area contributed by atoms with Crippen LogP contribution in [0.5, 0.6) is 0 Å². The van der Waals surface area contributed by atoms with Crippen molar-refractivity contribution in [3.05, 3.63) is 29.8 Å². The van der Waals surface area contributed by atoms with Crippen LogP contribution in [0.25, 0.3) is 10.9 Å². The Morgan fingerprint density at radius 3 is 2.55 bits per heavy atom. The molecule has 0 aliphatic rings. The maximum absolute atomic E-state index is 6.20. The summed E-state index contributed by atoms with van der Waals surface area (Å²) in [5.74, 6) is 0.684. The first-order chi connectivity index (χ1) is 9.65. The Kier molecular flexibility index (Phi) is 4.83. The number of anilines is 2. The number of hydrogen-bond donors (Lipinski definition) is 1. The van der Waals surface area contributed by atoms with Gasteiger partial charge in [-0.3, -0.25) is 0 Å². The molecule has 2 aromatic rings. The number of nitrogens with two attached hydrogens (primary N) is 1. The second-order valence-corrected chi connectivity index (χ2v) is 5.55. The van der Waals surface area contributed by atoms with E-state index in [4.69, 9.17) is 5.73 Å². The largest absolute Gasteiger partial charge is 0.383 e. The Labute approximate surface area is 121 Å². The van der Waals surface area contributed by atoms with Gasteiger partial charge in [0.25, 0.3) is 0 Å². The van der Waals surface area contributed by atoms with E-state index < -0.39 is 0 Å². The molecule has 0 radical (unpaired) electrons. The molecule has 1 heterocycles. The fourth-order valence-electron chi connectivity index (χ4n) is 2.74. The van der Waals surface area contributed by atoms with Crippen LogP contribution in [0, 0.1) is 0 Å². The molecule has 0 amide bonds. The van der Waals surface area contributed by atoms with Crippen molar-refractivity contribution < 1.29 is 0 Å². The lowest BCUT2D eigenvalue weighted by atomic mass is 10.0. The van der Waals surface area contributed by atoms with Crippen molar-refractivity contribution >= 4 is 22.4 Å². The summed E-state index contributed by atoms with van der Waals surface area (Å²) >= 11 is 0. The fourth-order valence-corrected chi connectivity index (χ4v) is 2.74. The summed E-state index contributed by atoms with van der Waals surface area (Å²) in [6.07, 6.45) is 6.00. The minimum atomic E-state index is 0.684. The average Bonchev–Trinajstić information content (AvgIpc) is 2.43. The third-order valence-electron chi connectivity index (χ3n) is 3.72. The average molecular weight is 271 g/mol. The second kappa shape index (κ2) is 6.60. The van der Waals surface area contributed by atoms with E-state index in [0.29, 0.717) is 5.82 Å². The monoisotopic (exact) mass is 271 g/mol. The molecule has 0 aliphatic heterocycles. The van der Waals surface area contributed by atoms with Crippen molar-refractivity contribution in [2.75, 3.05) is 24.7 Å². The molecule has 0 unspecified atom stereocenters. The number of fused-ring (bicyclic) bond motifs is 1. The SMILES string of the molecule is CCCCCCc1c(N)nc2ccccc2c1N(C)C. The van der Waals surface area contributed by atoms with Gasteiger partial charge in [-0.2, -0.15) is 0 Å². The highest BCUT2D eigenvalue weighted by atomic mass is 15.1. The minimum absolute atomic E-state index is 0.684. The van der Waals surface area contributed by atoms with Gasteiger partial charge >= 0.3 is 0 Å². The molecule has 0 bridgehead atoms. The number of pyridine rings is 1. The zero-order chi connectivity index (χ0) is 14.5. The van der Waals surface area contributed by atoms with E-state index in [1.54, 1.807) is 0 Å². The summed E-state index contributed by atoms with van der Waals surface area (Å²) in [5, 5.41) is 1.19. The minimum Gasteiger partial charge on any atom is -0.383 e. The van der Waals surface area contributed by atoms with Crippen molar-refractivity contribution in [1.29, 1.82) is 0 Å². The first-order valence-corrected chi connectivity index (χ1v) is 7.49. The molecule has 1 aromatic carbocycles. The fraction of sp³-hybridized carbons (Fsp3) is 0.471. The van der Waals surface area contributed by atoms with Crippen LogP contribution in [0.4, 0.5) is 11.5 Å². The van der Waals surface area contributed by atoms with Crippen LogP contribution < -0.4 is 10.6 Å². The topological polar surface area (TPSA) is 42.1 Å². The third-order valence-corrected chi connectivity index (χ3v) is 3.72. The van der Waals surface area contributed by atoms with E-state index in [2.05, 4.69) is 43.0 Å². The Morgan fingerprint density at radius 2 is 1.85 bits per heavy atom. The van der Waals surface area contributed by atoms with Gasteiger partial charge in [-0.25, -0.2) is 4.98 Å². The van der Waals surface area contributed by atoms with Crippen LogP contribution in [0.1, 0.15) is 38.2 Å². The number of rotatable bonds is 6. The number of unbranched alkanes of at least 4 members (excludes halogenated alkanes) is 3. The molecular weight excluding hydrogens is 246 g/mol. The van der Waals surface area contributed by atoms with Crippen molar-refractivity contribution in [2.45, 2.75) is 39.0 Å². The molecule has 0 atom stereocenters. The number of nitrogens with zero attached hydrogens (tertiary/aromatic N) is 2. The summed E-state index contributed by atoms with van der Waals surface area (Å²) in [4.78, 5) is 6.73. The van der Waals surface area contributed by atoms with Gasteiger partial charge in [-0.15, -0.1) is 0 Å². The van der Waals surface area contributed by atoms with Crippen LogP contribution in [0.15, 0.2) is 24.3 Å². The first-order valence-electron chi connectivity index (χ1n) is 7.49. The van der Waals surface area contributed by atoms with E-state index in [1.165, 1.54) is 42.3 Å². The zero-order valence-electron chi connectivity index (χ0n) is 12.8. The van der Waals surface area contributed by atoms with Crippen molar-refractivity contribution in [2.24, 2.45) is 0 Å². The summed E-state index contributed by atoms with van der Waals surface area (Å²) in [6.45, 7) is 2.23. The van der Waals surface area contributed by atoms with Crippen LogP contribution in [-0.4, -0.2) is 19.1 Å². The molecular formula is C17H25N3. The third kappa shape index (κ3) is 3.03. The van der Waals surface area contributed by atoms with Gasteiger partial charge in [0.1, 0.15) is 5.82 Å². The standard InChI is InChI=1S/C17H25N3/c1-4-5-6-7-11-14-16(20(2)3)13-10-8-9-12-15(13)19-17(14)18/h8-10,12H,4-7,11H2,1-3H3,(H2,18,19).